The molecule has 0 rings (SSSR count). The normalized spacial score (nSPS) is 12.5. The van der Waals surface area contributed by atoms with Gasteiger partial charge in [0.05, 0.1) is 0 Å². The van der Waals surface area contributed by atoms with Crippen LogP contribution in [0.5, 0.6) is 0 Å². The maximum absolute atomic E-state index is 13.1. The predicted molar refractivity (Wildman–Crippen MR) is 206 cm³/mol. The van der Waals surface area contributed by atoms with Crippen LogP contribution in [0.3, 0.4) is 0 Å². The van der Waals surface area contributed by atoms with Crippen molar-refractivity contribution in [3.8, 4) is 0 Å². The van der Waals surface area contributed by atoms with Crippen LogP contribution in [-0.2, 0) is 14.1 Å². The van der Waals surface area contributed by atoms with E-state index in [1.807, 2.05) is 0 Å². The number of nitrogens with zero attached hydrogens (tertiary/aromatic N) is 1. The molecule has 0 atom stereocenters. The average Bonchev–Trinajstić information content (AvgIpc) is 3.02. The van der Waals surface area contributed by atoms with Gasteiger partial charge in [-0.2, -0.15) is 0 Å². The molecule has 272 valence electrons. The summed E-state index contributed by atoms with van der Waals surface area (Å²) in [6, 6.07) is 0. The van der Waals surface area contributed by atoms with E-state index in [1.165, 1.54) is 141 Å². The monoisotopic (exact) mass is 666 g/mol. The van der Waals surface area contributed by atoms with Gasteiger partial charge in [0, 0.05) is 0 Å². The number of carbonyl (C=O) groups is 2. The molecule has 0 aliphatic heterocycles. The SMILES string of the molecule is CCCCCCCC/C=C\CCCCCCCC(=O)[PH-](OCC[N+](C)(C)C)C(=O)CCCCCCC/C=C\CCCCCCCC. The average molecular weight is 666 g/mol. The minimum atomic E-state index is -2.07. The number of hydrogen-bond acceptors (Lipinski definition) is 3. The Balaban J connectivity index is 4.10. The zero-order valence-corrected chi connectivity index (χ0v) is 32.7. The number of quaternary nitrogens is 1. The smallest absolute Gasteiger partial charge is 0.0654 e. The van der Waals surface area contributed by atoms with Crippen molar-refractivity contribution in [3.63, 3.8) is 0 Å². The fraction of sp³-hybridized carbons (Fsp3) is 0.854. The summed E-state index contributed by atoms with van der Waals surface area (Å²) >= 11 is 0. The van der Waals surface area contributed by atoms with Gasteiger partial charge in [-0.15, -0.1) is 0 Å². The van der Waals surface area contributed by atoms with Crippen molar-refractivity contribution >= 4 is 19.2 Å². The van der Waals surface area contributed by atoms with Crippen molar-refractivity contribution in [1.82, 2.24) is 0 Å². The Kier molecular flexibility index (Phi) is 33.4. The molecular weight excluding hydrogens is 585 g/mol. The van der Waals surface area contributed by atoms with Gasteiger partial charge in [0.25, 0.3) is 0 Å². The van der Waals surface area contributed by atoms with Crippen LogP contribution < -0.4 is 0 Å². The summed E-state index contributed by atoms with van der Waals surface area (Å²) in [5, 5.41) is 0. The number of allylic oxidation sites excluding steroid dienone is 4. The van der Waals surface area contributed by atoms with Gasteiger partial charge in [0.1, 0.15) is 0 Å². The zero-order chi connectivity index (χ0) is 34.0. The topological polar surface area (TPSA) is 43.4 Å². The molecule has 0 fully saturated rings. The Morgan fingerprint density at radius 1 is 0.478 bits per heavy atom. The van der Waals surface area contributed by atoms with Gasteiger partial charge in [0.15, 0.2) is 0 Å². The molecule has 0 spiro atoms. The minimum Gasteiger partial charge on any atom is -0.0654 e. The summed E-state index contributed by atoms with van der Waals surface area (Å²) in [4.78, 5) is 26.2. The van der Waals surface area contributed by atoms with Crippen molar-refractivity contribution in [1.29, 1.82) is 0 Å². The Bertz CT molecular complexity index is 690. The fourth-order valence-corrected chi connectivity index (χ4v) is 7.41. The Morgan fingerprint density at radius 3 is 1.11 bits per heavy atom. The maximum atomic E-state index is 13.1. The van der Waals surface area contributed by atoms with E-state index < -0.39 is 8.15 Å². The van der Waals surface area contributed by atoms with Gasteiger partial charge in [-0.05, 0) is 0 Å². The molecule has 4 nitrogen and oxygen atoms in total. The van der Waals surface area contributed by atoms with Crippen molar-refractivity contribution in [2.75, 3.05) is 34.3 Å². The molecule has 0 aromatic carbocycles. The van der Waals surface area contributed by atoms with Gasteiger partial charge in [0.2, 0.25) is 0 Å². The first kappa shape index (κ1) is 45.2. The standard InChI is InChI=1S/C41H80NO3P/c1-6-8-10-12-14-16-18-20-22-24-26-28-30-32-34-36-40(43)46(45-39-38-42(3,4)5)41(44)37-35-33-31-29-27-25-23-21-19-17-15-13-11-9-7-2/h20-23,46H,6-19,24-39H2,1-5H3/b22-20-,23-21-. The summed E-state index contributed by atoms with van der Waals surface area (Å²) in [6.45, 7) is 5.85. The van der Waals surface area contributed by atoms with E-state index in [-0.39, 0.29) is 11.0 Å². The van der Waals surface area contributed by atoms with Crippen molar-refractivity contribution in [3.05, 3.63) is 24.3 Å². The van der Waals surface area contributed by atoms with Gasteiger partial charge < -0.3 is 0 Å². The van der Waals surface area contributed by atoms with Gasteiger partial charge in [-0.1, -0.05) is 78.1 Å². The third kappa shape index (κ3) is 33.1. The van der Waals surface area contributed by atoms with Gasteiger partial charge in [-0.3, -0.25) is 0 Å². The molecule has 0 heterocycles. The molecule has 0 aliphatic rings. The molecule has 0 saturated carbocycles. The fourth-order valence-electron chi connectivity index (χ4n) is 5.68. The van der Waals surface area contributed by atoms with Crippen molar-refractivity contribution in [2.45, 2.75) is 194 Å². The van der Waals surface area contributed by atoms with E-state index >= 15 is 0 Å². The predicted octanol–water partition coefficient (Wildman–Crippen LogP) is 13.0. The van der Waals surface area contributed by atoms with Crippen LogP contribution in [-0.4, -0.2) is 49.8 Å². The summed E-state index contributed by atoms with van der Waals surface area (Å²) in [6.07, 6.45) is 42.8. The van der Waals surface area contributed by atoms with Crippen LogP contribution in [0.1, 0.15) is 194 Å². The molecule has 0 unspecified atom stereocenters. The van der Waals surface area contributed by atoms with E-state index in [2.05, 4.69) is 59.3 Å². The molecule has 0 aliphatic carbocycles. The molecule has 0 amide bonds. The number of rotatable bonds is 36. The molecule has 0 aromatic rings. The molecule has 0 bridgehead atoms. The molecular formula is C41H80NO3P. The van der Waals surface area contributed by atoms with E-state index in [1.54, 1.807) is 0 Å². The van der Waals surface area contributed by atoms with E-state index in [4.69, 9.17) is 4.52 Å². The van der Waals surface area contributed by atoms with Crippen LogP contribution in [0.15, 0.2) is 24.3 Å². The second kappa shape index (κ2) is 34.0. The first-order valence-electron chi connectivity index (χ1n) is 20.0. The minimum absolute atomic E-state index is 0.0989. The van der Waals surface area contributed by atoms with Gasteiger partial charge >= 0.3 is 212 Å². The first-order chi connectivity index (χ1) is 22.3. The Morgan fingerprint density at radius 2 is 0.783 bits per heavy atom. The molecule has 5 heteroatoms. The summed E-state index contributed by atoms with van der Waals surface area (Å²) in [5.74, 6) is 0. The summed E-state index contributed by atoms with van der Waals surface area (Å²) in [5.41, 5.74) is 0.198. The Labute approximate surface area is 289 Å². The number of likely N-dealkylation sites (N-methyl/N-ethyl adjacent to an activating group) is 1. The van der Waals surface area contributed by atoms with E-state index in [0.717, 1.165) is 36.7 Å². The number of hydrogen-bond donors (Lipinski definition) is 0. The first-order valence-corrected chi connectivity index (χ1v) is 21.4. The second-order valence-electron chi connectivity index (χ2n) is 14.7. The van der Waals surface area contributed by atoms with Gasteiger partial charge in [-0.25, -0.2) is 0 Å². The quantitative estimate of drug-likeness (QED) is 0.0289. The summed E-state index contributed by atoms with van der Waals surface area (Å²) in [7, 11) is 4.30. The molecule has 0 saturated heterocycles. The van der Waals surface area contributed by atoms with Crippen LogP contribution in [0.4, 0.5) is 0 Å². The van der Waals surface area contributed by atoms with E-state index in [0.29, 0.717) is 19.4 Å². The van der Waals surface area contributed by atoms with Crippen molar-refractivity contribution < 1.29 is 18.6 Å². The number of unbranched alkanes of at least 4 members (excludes halogenated alkanes) is 22. The van der Waals surface area contributed by atoms with Crippen LogP contribution >= 0.6 is 8.15 Å². The van der Waals surface area contributed by atoms with Crippen LogP contribution in [0.2, 0.25) is 0 Å². The Hall–Kier alpha value is -0.830. The third-order valence-corrected chi connectivity index (χ3v) is 10.9. The molecule has 0 N–H and O–H groups in total. The van der Waals surface area contributed by atoms with Crippen LogP contribution in [0.25, 0.3) is 0 Å². The zero-order valence-electron chi connectivity index (χ0n) is 31.7. The van der Waals surface area contributed by atoms with E-state index in [9.17, 15) is 9.59 Å². The second-order valence-corrected chi connectivity index (χ2v) is 16.8. The molecule has 46 heavy (non-hydrogen) atoms. The third-order valence-electron chi connectivity index (χ3n) is 8.85. The molecule has 0 aromatic heterocycles. The molecule has 0 radical (unpaired) electrons. The number of carbonyl (C=O) groups excluding carboxylic acids is 2. The van der Waals surface area contributed by atoms with Crippen molar-refractivity contribution in [2.24, 2.45) is 0 Å². The summed E-state index contributed by atoms with van der Waals surface area (Å²) < 4.78 is 6.84. The van der Waals surface area contributed by atoms with Crippen LogP contribution in [0, 0.1) is 0 Å².